The van der Waals surface area contributed by atoms with Crippen LogP contribution < -0.4 is 20.1 Å². The molecule has 11 heteroatoms. The second kappa shape index (κ2) is 12.2. The number of nitrogens with one attached hydrogen (secondary N) is 2. The first-order chi connectivity index (χ1) is 16.4. The highest BCUT2D eigenvalue weighted by atomic mass is 35.5. The number of ether oxygens (including phenoxy) is 2. The Balaban J connectivity index is 2.01. The molecule has 1 heterocycles. The van der Waals surface area contributed by atoms with E-state index in [1.807, 2.05) is 19.1 Å². The topological polar surface area (TPSA) is 97.6 Å². The number of amides is 1. The highest BCUT2D eigenvalue weighted by molar-refractivity contribution is 6.30. The molecular weight excluding hydrogens is 470 g/mol. The van der Waals surface area contributed by atoms with Crippen molar-refractivity contribution in [1.82, 2.24) is 14.9 Å². The Hall–Kier alpha value is -3.37. The Labute approximate surface area is 200 Å². The first-order valence-electron chi connectivity index (χ1n) is 10.6. The van der Waals surface area contributed by atoms with Gasteiger partial charge < -0.3 is 25.2 Å². The second-order valence-corrected chi connectivity index (χ2v) is 7.56. The third-order valence-corrected chi connectivity index (χ3v) is 4.86. The minimum absolute atomic E-state index is 0.0597. The van der Waals surface area contributed by atoms with E-state index in [0.29, 0.717) is 23.8 Å². The lowest BCUT2D eigenvalue weighted by Crippen LogP contribution is -2.28. The zero-order chi connectivity index (χ0) is 24.5. The van der Waals surface area contributed by atoms with Crippen LogP contribution in [-0.4, -0.2) is 46.9 Å². The summed E-state index contributed by atoms with van der Waals surface area (Å²) in [6.07, 6.45) is 0.397. The summed E-state index contributed by atoms with van der Waals surface area (Å²) in [5, 5.41) is 15.4. The van der Waals surface area contributed by atoms with Crippen LogP contribution in [-0.2, 0) is 6.54 Å². The van der Waals surface area contributed by atoms with E-state index >= 15 is 0 Å². The average molecular weight is 495 g/mol. The first kappa shape index (κ1) is 25.3. The molecule has 0 fully saturated rings. The van der Waals surface area contributed by atoms with Crippen molar-refractivity contribution in [3.63, 3.8) is 0 Å². The van der Waals surface area contributed by atoms with Crippen LogP contribution in [0, 0.1) is 0 Å². The minimum Gasteiger partial charge on any atom is -0.435 e. The number of hydrogen-bond acceptors (Lipinski definition) is 6. The number of carbonyl (C=O) groups is 1. The summed E-state index contributed by atoms with van der Waals surface area (Å²) in [6, 6.07) is 12.9. The fourth-order valence-electron chi connectivity index (χ4n) is 3.13. The quantitative estimate of drug-likeness (QED) is 0.320. The molecule has 34 heavy (non-hydrogen) atoms. The number of imidazole rings is 1. The Morgan fingerprint density at radius 3 is 2.62 bits per heavy atom. The third-order valence-electron chi connectivity index (χ3n) is 4.61. The molecule has 182 valence electrons. The van der Waals surface area contributed by atoms with Crippen LogP contribution in [0.5, 0.6) is 17.5 Å². The zero-order valence-corrected chi connectivity index (χ0v) is 19.2. The number of aromatic nitrogens is 2. The molecule has 1 amide bonds. The molecule has 0 aliphatic rings. The smallest absolute Gasteiger partial charge is 0.387 e. The molecule has 2 aromatic carbocycles. The fourth-order valence-corrected chi connectivity index (χ4v) is 3.26. The van der Waals surface area contributed by atoms with Crippen LogP contribution in [0.1, 0.15) is 29.4 Å². The predicted molar refractivity (Wildman–Crippen MR) is 124 cm³/mol. The van der Waals surface area contributed by atoms with E-state index in [9.17, 15) is 13.6 Å². The Bertz CT molecular complexity index is 1090. The van der Waals surface area contributed by atoms with Gasteiger partial charge in [0.05, 0.1) is 6.54 Å². The molecule has 0 radical (unpaired) electrons. The summed E-state index contributed by atoms with van der Waals surface area (Å²) in [6.45, 7) is -0.187. The number of carbonyl (C=O) groups excluding carboxylic acids is 1. The summed E-state index contributed by atoms with van der Waals surface area (Å²) >= 11 is 6.00. The van der Waals surface area contributed by atoms with Gasteiger partial charge in [-0.3, -0.25) is 9.36 Å². The molecule has 3 aromatic rings. The van der Waals surface area contributed by atoms with Crippen molar-refractivity contribution in [2.24, 2.45) is 0 Å². The van der Waals surface area contributed by atoms with Gasteiger partial charge in [0, 0.05) is 30.8 Å². The highest BCUT2D eigenvalue weighted by Crippen LogP contribution is 2.30. The van der Waals surface area contributed by atoms with E-state index in [0.717, 1.165) is 5.56 Å². The van der Waals surface area contributed by atoms with Crippen molar-refractivity contribution in [2.75, 3.05) is 25.0 Å². The molecule has 1 aromatic heterocycles. The maximum absolute atomic E-state index is 13.0. The number of benzene rings is 2. The maximum atomic E-state index is 13.0. The van der Waals surface area contributed by atoms with E-state index in [-0.39, 0.29) is 42.9 Å². The number of hydrogen-bond donors (Lipinski definition) is 3. The van der Waals surface area contributed by atoms with E-state index in [2.05, 4.69) is 20.4 Å². The SMILES string of the molecule is CCNc1nc(Oc2cccc(OC(F)F)c2)n(Cc2ccc(Cl)cc2)c1C(=O)NCCCO. The third kappa shape index (κ3) is 6.82. The first-order valence-corrected chi connectivity index (χ1v) is 11.0. The van der Waals surface area contributed by atoms with Crippen LogP contribution in [0.2, 0.25) is 5.02 Å². The Kier molecular flexibility index (Phi) is 9.06. The largest absolute Gasteiger partial charge is 0.435 e. The monoisotopic (exact) mass is 494 g/mol. The molecule has 0 aliphatic carbocycles. The van der Waals surface area contributed by atoms with Crippen molar-refractivity contribution in [1.29, 1.82) is 0 Å². The van der Waals surface area contributed by atoms with Crippen molar-refractivity contribution in [2.45, 2.75) is 26.5 Å². The standard InChI is InChI=1S/C23H25ClF2N4O4/c1-2-27-20-19(21(32)28-11-4-12-31)30(14-15-7-9-16(24)10-8-15)23(29-20)34-18-6-3-5-17(13-18)33-22(25)26/h3,5-10,13,22,27,31H,2,4,11-12,14H2,1H3,(H,28,32). The van der Waals surface area contributed by atoms with Crippen LogP contribution in [0.15, 0.2) is 48.5 Å². The predicted octanol–water partition coefficient (Wildman–Crippen LogP) is 4.52. The minimum atomic E-state index is -2.98. The lowest BCUT2D eigenvalue weighted by atomic mass is 10.2. The fraction of sp³-hybridized carbons (Fsp3) is 0.304. The normalized spacial score (nSPS) is 10.9. The van der Waals surface area contributed by atoms with Gasteiger partial charge in [0.25, 0.3) is 5.91 Å². The number of nitrogens with zero attached hydrogens (tertiary/aromatic N) is 2. The number of alkyl halides is 2. The van der Waals surface area contributed by atoms with Gasteiger partial charge in [0.1, 0.15) is 11.5 Å². The molecule has 0 saturated heterocycles. The Morgan fingerprint density at radius 2 is 1.94 bits per heavy atom. The van der Waals surface area contributed by atoms with E-state index in [1.165, 1.54) is 18.2 Å². The number of rotatable bonds is 12. The van der Waals surface area contributed by atoms with Gasteiger partial charge in [-0.15, -0.1) is 0 Å². The summed E-state index contributed by atoms with van der Waals surface area (Å²) in [7, 11) is 0. The molecule has 0 atom stereocenters. The van der Waals surface area contributed by atoms with Crippen LogP contribution in [0.4, 0.5) is 14.6 Å². The van der Waals surface area contributed by atoms with Crippen LogP contribution >= 0.6 is 11.6 Å². The van der Waals surface area contributed by atoms with Crippen molar-refractivity contribution in [3.05, 3.63) is 64.8 Å². The van der Waals surface area contributed by atoms with Gasteiger partial charge in [0.2, 0.25) is 0 Å². The highest BCUT2D eigenvalue weighted by Gasteiger charge is 2.25. The van der Waals surface area contributed by atoms with Crippen LogP contribution in [0.25, 0.3) is 0 Å². The second-order valence-electron chi connectivity index (χ2n) is 7.12. The van der Waals surface area contributed by atoms with Gasteiger partial charge in [-0.1, -0.05) is 29.8 Å². The lowest BCUT2D eigenvalue weighted by Gasteiger charge is -2.14. The van der Waals surface area contributed by atoms with Gasteiger partial charge >= 0.3 is 12.6 Å². The molecular formula is C23H25ClF2N4O4. The summed E-state index contributed by atoms with van der Waals surface area (Å²) < 4.78 is 37.2. The van der Waals surface area contributed by atoms with E-state index in [1.54, 1.807) is 22.8 Å². The van der Waals surface area contributed by atoms with Crippen molar-refractivity contribution >= 4 is 23.3 Å². The van der Waals surface area contributed by atoms with Crippen LogP contribution in [0.3, 0.4) is 0 Å². The summed E-state index contributed by atoms with van der Waals surface area (Å²) in [4.78, 5) is 17.5. The molecule has 8 nitrogen and oxygen atoms in total. The zero-order valence-electron chi connectivity index (χ0n) is 18.4. The van der Waals surface area contributed by atoms with Gasteiger partial charge in [-0.2, -0.15) is 13.8 Å². The van der Waals surface area contributed by atoms with E-state index < -0.39 is 12.5 Å². The lowest BCUT2D eigenvalue weighted by molar-refractivity contribution is -0.0499. The van der Waals surface area contributed by atoms with E-state index in [4.69, 9.17) is 21.4 Å². The van der Waals surface area contributed by atoms with Gasteiger partial charge in [-0.05, 0) is 43.2 Å². The molecule has 3 N–H and O–H groups in total. The summed E-state index contributed by atoms with van der Waals surface area (Å²) in [5.41, 5.74) is 1.05. The molecule has 0 aliphatic heterocycles. The van der Waals surface area contributed by atoms with Gasteiger partial charge in [0.15, 0.2) is 11.5 Å². The van der Waals surface area contributed by atoms with Crippen molar-refractivity contribution < 1.29 is 28.2 Å². The maximum Gasteiger partial charge on any atom is 0.387 e. The number of aliphatic hydroxyl groups is 1. The van der Waals surface area contributed by atoms with Crippen molar-refractivity contribution in [3.8, 4) is 17.5 Å². The number of anilines is 1. The number of aliphatic hydroxyl groups excluding tert-OH is 1. The Morgan fingerprint density at radius 1 is 1.21 bits per heavy atom. The van der Waals surface area contributed by atoms with Gasteiger partial charge in [-0.25, -0.2) is 0 Å². The number of halogens is 3. The molecule has 0 bridgehead atoms. The average Bonchev–Trinajstić information content (AvgIpc) is 3.12. The molecule has 3 rings (SSSR count). The molecule has 0 spiro atoms. The molecule has 0 saturated carbocycles. The summed E-state index contributed by atoms with van der Waals surface area (Å²) in [5.74, 6) is 0.0245. The molecule has 0 unspecified atom stereocenters.